The molecule has 0 aromatic rings. The van der Waals surface area contributed by atoms with Crippen molar-refractivity contribution in [3.05, 3.63) is 11.0 Å². The van der Waals surface area contributed by atoms with Crippen LogP contribution in [0.1, 0.15) is 46.5 Å². The molecule has 0 aromatic carbocycles. The van der Waals surface area contributed by atoms with Gasteiger partial charge in [0, 0.05) is 12.2 Å². The summed E-state index contributed by atoms with van der Waals surface area (Å²) in [6.45, 7) is 7.56. The minimum atomic E-state index is -3.05. The largest absolute Gasteiger partial charge is 0.388 e. The van der Waals surface area contributed by atoms with E-state index in [0.717, 1.165) is 43.2 Å². The van der Waals surface area contributed by atoms with E-state index in [1.807, 2.05) is 13.8 Å². The highest BCUT2D eigenvalue weighted by Crippen LogP contribution is 2.60. The first kappa shape index (κ1) is 14.7. The molecule has 0 aromatic heterocycles. The van der Waals surface area contributed by atoms with E-state index in [2.05, 4.69) is 12.2 Å². The SMILES string of the molecule is CCCNC1=C(P(=O)(OCC)OCC)CCC1. The van der Waals surface area contributed by atoms with E-state index in [4.69, 9.17) is 9.05 Å². The summed E-state index contributed by atoms with van der Waals surface area (Å²) in [5.74, 6) is 0. The van der Waals surface area contributed by atoms with Crippen LogP contribution in [-0.2, 0) is 13.6 Å². The topological polar surface area (TPSA) is 47.6 Å². The fourth-order valence-electron chi connectivity index (χ4n) is 2.03. The van der Waals surface area contributed by atoms with Gasteiger partial charge in [-0.15, -0.1) is 0 Å². The number of allylic oxidation sites excluding steroid dienone is 2. The van der Waals surface area contributed by atoms with Crippen molar-refractivity contribution in [2.45, 2.75) is 46.5 Å². The lowest BCUT2D eigenvalue weighted by atomic mass is 10.3. The summed E-state index contributed by atoms with van der Waals surface area (Å²) < 4.78 is 23.4. The van der Waals surface area contributed by atoms with Crippen molar-refractivity contribution >= 4 is 7.60 Å². The van der Waals surface area contributed by atoms with Crippen LogP contribution in [0.25, 0.3) is 0 Å². The van der Waals surface area contributed by atoms with Crippen molar-refractivity contribution in [1.82, 2.24) is 5.32 Å². The van der Waals surface area contributed by atoms with Gasteiger partial charge in [-0.2, -0.15) is 0 Å². The van der Waals surface area contributed by atoms with Crippen LogP contribution in [0.5, 0.6) is 0 Å². The summed E-state index contributed by atoms with van der Waals surface area (Å²) in [7, 11) is -3.05. The van der Waals surface area contributed by atoms with Crippen molar-refractivity contribution in [2.24, 2.45) is 0 Å². The van der Waals surface area contributed by atoms with Gasteiger partial charge in [0.15, 0.2) is 0 Å². The highest BCUT2D eigenvalue weighted by atomic mass is 31.2. The number of hydrogen-bond acceptors (Lipinski definition) is 4. The third-order valence-corrected chi connectivity index (χ3v) is 5.06. The highest BCUT2D eigenvalue weighted by molar-refractivity contribution is 7.58. The Hall–Kier alpha value is -0.310. The Morgan fingerprint density at radius 1 is 1.18 bits per heavy atom. The molecule has 0 spiro atoms. The van der Waals surface area contributed by atoms with Crippen molar-refractivity contribution in [3.8, 4) is 0 Å². The van der Waals surface area contributed by atoms with Gasteiger partial charge in [0.2, 0.25) is 0 Å². The first-order valence-corrected chi connectivity index (χ1v) is 8.07. The van der Waals surface area contributed by atoms with Gasteiger partial charge in [0.25, 0.3) is 0 Å². The highest BCUT2D eigenvalue weighted by Gasteiger charge is 2.34. The quantitative estimate of drug-likeness (QED) is 0.677. The van der Waals surface area contributed by atoms with Gasteiger partial charge in [-0.3, -0.25) is 4.57 Å². The molecule has 0 amide bonds. The maximum Gasteiger partial charge on any atom is 0.359 e. The maximum atomic E-state index is 12.6. The molecule has 1 rings (SSSR count). The maximum absolute atomic E-state index is 12.6. The summed E-state index contributed by atoms with van der Waals surface area (Å²) in [6.07, 6.45) is 3.87. The monoisotopic (exact) mass is 261 g/mol. The van der Waals surface area contributed by atoms with Crippen LogP contribution in [0.2, 0.25) is 0 Å². The van der Waals surface area contributed by atoms with Crippen LogP contribution in [-0.4, -0.2) is 19.8 Å². The Kier molecular flexibility index (Phi) is 6.24. The first-order chi connectivity index (χ1) is 8.18. The molecule has 0 radical (unpaired) electrons. The number of nitrogens with one attached hydrogen (secondary N) is 1. The molecule has 0 unspecified atom stereocenters. The second-order valence-electron chi connectivity index (χ2n) is 4.04. The third kappa shape index (κ3) is 3.84. The molecule has 0 bridgehead atoms. The van der Waals surface area contributed by atoms with Crippen LogP contribution in [0, 0.1) is 0 Å². The van der Waals surface area contributed by atoms with Crippen molar-refractivity contribution in [1.29, 1.82) is 0 Å². The van der Waals surface area contributed by atoms with Crippen molar-refractivity contribution in [3.63, 3.8) is 0 Å². The van der Waals surface area contributed by atoms with E-state index in [0.29, 0.717) is 13.2 Å². The Bertz CT molecular complexity index is 305. The Morgan fingerprint density at radius 3 is 2.35 bits per heavy atom. The molecule has 0 aliphatic heterocycles. The van der Waals surface area contributed by atoms with Crippen LogP contribution in [0.4, 0.5) is 0 Å². The van der Waals surface area contributed by atoms with E-state index in [-0.39, 0.29) is 0 Å². The second-order valence-corrected chi connectivity index (χ2v) is 6.09. The molecule has 0 fully saturated rings. The lowest BCUT2D eigenvalue weighted by molar-refractivity contribution is 0.225. The fraction of sp³-hybridized carbons (Fsp3) is 0.833. The Labute approximate surface area is 104 Å². The van der Waals surface area contributed by atoms with E-state index in [1.165, 1.54) is 0 Å². The van der Waals surface area contributed by atoms with Gasteiger partial charge in [0.1, 0.15) is 0 Å². The molecule has 0 saturated carbocycles. The molecule has 5 heteroatoms. The number of hydrogen-bond donors (Lipinski definition) is 1. The van der Waals surface area contributed by atoms with E-state index >= 15 is 0 Å². The van der Waals surface area contributed by atoms with Gasteiger partial charge in [-0.1, -0.05) is 6.92 Å². The zero-order valence-electron chi connectivity index (χ0n) is 11.1. The molecule has 1 N–H and O–H groups in total. The number of rotatable bonds is 8. The molecule has 1 aliphatic rings. The van der Waals surface area contributed by atoms with Crippen LogP contribution < -0.4 is 5.32 Å². The van der Waals surface area contributed by atoms with Crippen LogP contribution in [0.3, 0.4) is 0 Å². The average molecular weight is 261 g/mol. The summed E-state index contributed by atoms with van der Waals surface area (Å²) in [4.78, 5) is 0. The lowest BCUT2D eigenvalue weighted by Gasteiger charge is -2.20. The van der Waals surface area contributed by atoms with Gasteiger partial charge in [0.05, 0.1) is 18.5 Å². The smallest absolute Gasteiger partial charge is 0.359 e. The van der Waals surface area contributed by atoms with Gasteiger partial charge >= 0.3 is 7.60 Å². The minimum absolute atomic E-state index is 0.418. The Balaban J connectivity index is 2.86. The summed E-state index contributed by atoms with van der Waals surface area (Å²) in [5, 5.41) is 4.22. The minimum Gasteiger partial charge on any atom is -0.388 e. The third-order valence-electron chi connectivity index (χ3n) is 2.71. The van der Waals surface area contributed by atoms with Crippen molar-refractivity contribution < 1.29 is 13.6 Å². The standard InChI is InChI=1S/C12H24NO3P/c1-4-10-13-11-8-7-9-12(11)17(14,15-5-2)16-6-3/h13H,4-10H2,1-3H3. The molecular weight excluding hydrogens is 237 g/mol. The predicted molar refractivity (Wildman–Crippen MR) is 70.0 cm³/mol. The summed E-state index contributed by atoms with van der Waals surface area (Å²) in [5.41, 5.74) is 1.08. The van der Waals surface area contributed by atoms with E-state index in [1.54, 1.807) is 0 Å². The summed E-state index contributed by atoms with van der Waals surface area (Å²) >= 11 is 0. The molecule has 0 saturated heterocycles. The van der Waals surface area contributed by atoms with E-state index in [9.17, 15) is 4.57 Å². The molecule has 17 heavy (non-hydrogen) atoms. The molecule has 1 aliphatic carbocycles. The molecule has 4 nitrogen and oxygen atoms in total. The van der Waals surface area contributed by atoms with Gasteiger partial charge in [-0.05, 0) is 39.5 Å². The fourth-order valence-corrected chi connectivity index (χ4v) is 4.05. The van der Waals surface area contributed by atoms with Gasteiger partial charge < -0.3 is 14.4 Å². The average Bonchev–Trinajstić information content (AvgIpc) is 2.75. The van der Waals surface area contributed by atoms with Crippen LogP contribution in [0.15, 0.2) is 11.0 Å². The lowest BCUT2D eigenvalue weighted by Crippen LogP contribution is -2.14. The normalized spacial score (nSPS) is 16.6. The Morgan fingerprint density at radius 2 is 1.82 bits per heavy atom. The summed E-state index contributed by atoms with van der Waals surface area (Å²) in [6, 6.07) is 0. The van der Waals surface area contributed by atoms with Gasteiger partial charge in [-0.25, -0.2) is 0 Å². The molecule has 100 valence electrons. The zero-order valence-corrected chi connectivity index (χ0v) is 12.0. The predicted octanol–water partition coefficient (Wildman–Crippen LogP) is 3.65. The molecular formula is C12H24NO3P. The zero-order chi connectivity index (χ0) is 12.7. The molecule has 0 heterocycles. The molecule has 0 atom stereocenters. The van der Waals surface area contributed by atoms with Crippen LogP contribution >= 0.6 is 7.60 Å². The second kappa shape index (κ2) is 7.20. The first-order valence-electron chi connectivity index (χ1n) is 6.53. The van der Waals surface area contributed by atoms with E-state index < -0.39 is 7.60 Å². The van der Waals surface area contributed by atoms with Crippen molar-refractivity contribution in [2.75, 3.05) is 19.8 Å².